The van der Waals surface area contributed by atoms with Crippen LogP contribution in [0.2, 0.25) is 0 Å². The van der Waals surface area contributed by atoms with Crippen molar-refractivity contribution in [1.29, 1.82) is 0 Å². The van der Waals surface area contributed by atoms with E-state index in [1.165, 1.54) is 6.42 Å². The molecule has 118 valence electrons. The van der Waals surface area contributed by atoms with Gasteiger partial charge in [0.2, 0.25) is 0 Å². The highest BCUT2D eigenvalue weighted by atomic mass is 16.3. The maximum absolute atomic E-state index is 10.8. The number of unbranched alkanes of at least 4 members (excludes halogenated alkanes) is 1. The Kier molecular flexibility index (Phi) is 4.90. The molecule has 1 aliphatic heterocycles. The highest BCUT2D eigenvalue weighted by molar-refractivity contribution is 5.22. The van der Waals surface area contributed by atoms with E-state index in [9.17, 15) is 5.11 Å². The molecule has 0 amide bonds. The van der Waals surface area contributed by atoms with Crippen LogP contribution in [0, 0.1) is 0 Å². The fourth-order valence-electron chi connectivity index (χ4n) is 3.23. The Balaban J connectivity index is 1.40. The third kappa shape index (κ3) is 3.76. The highest BCUT2D eigenvalue weighted by Gasteiger charge is 2.33. The van der Waals surface area contributed by atoms with Crippen molar-refractivity contribution in [2.75, 3.05) is 19.6 Å². The second-order valence-corrected chi connectivity index (χ2v) is 6.22. The molecule has 0 bridgehead atoms. The van der Waals surface area contributed by atoms with Gasteiger partial charge in [-0.3, -0.25) is 4.68 Å². The van der Waals surface area contributed by atoms with Gasteiger partial charge in [-0.15, -0.1) is 0 Å². The van der Waals surface area contributed by atoms with E-state index in [4.69, 9.17) is 0 Å². The summed E-state index contributed by atoms with van der Waals surface area (Å²) in [6.45, 7) is 4.07. The Bertz CT molecular complexity index is 545. The Morgan fingerprint density at radius 2 is 1.73 bits per heavy atom. The summed E-state index contributed by atoms with van der Waals surface area (Å²) in [6, 6.07) is 12.1. The molecule has 1 N–H and O–H groups in total. The zero-order valence-electron chi connectivity index (χ0n) is 13.1. The molecule has 1 aliphatic rings. The summed E-state index contributed by atoms with van der Waals surface area (Å²) >= 11 is 0. The first-order valence-corrected chi connectivity index (χ1v) is 8.24. The van der Waals surface area contributed by atoms with Crippen molar-refractivity contribution in [3.63, 3.8) is 0 Å². The molecular weight excluding hydrogens is 274 g/mol. The van der Waals surface area contributed by atoms with E-state index >= 15 is 0 Å². The molecule has 0 radical (unpaired) electrons. The molecule has 2 aromatic rings. The largest absolute Gasteiger partial charge is 0.385 e. The monoisotopic (exact) mass is 299 g/mol. The van der Waals surface area contributed by atoms with Crippen molar-refractivity contribution < 1.29 is 5.11 Å². The van der Waals surface area contributed by atoms with Crippen molar-refractivity contribution >= 4 is 0 Å². The quantitative estimate of drug-likeness (QED) is 0.834. The molecular formula is C18H25N3O. The molecule has 0 saturated carbocycles. The van der Waals surface area contributed by atoms with E-state index in [1.807, 2.05) is 53.5 Å². The van der Waals surface area contributed by atoms with E-state index in [-0.39, 0.29) is 0 Å². The number of rotatable bonds is 6. The first kappa shape index (κ1) is 15.3. The average molecular weight is 299 g/mol. The molecule has 1 aromatic carbocycles. The zero-order valence-corrected chi connectivity index (χ0v) is 13.1. The fourth-order valence-corrected chi connectivity index (χ4v) is 3.23. The predicted octanol–water partition coefficient (Wildman–Crippen LogP) is 2.65. The van der Waals surface area contributed by atoms with Crippen LogP contribution < -0.4 is 0 Å². The van der Waals surface area contributed by atoms with E-state index in [0.29, 0.717) is 0 Å². The van der Waals surface area contributed by atoms with E-state index in [2.05, 4.69) is 10.00 Å². The van der Waals surface area contributed by atoms with Crippen LogP contribution in [0.1, 0.15) is 31.2 Å². The highest BCUT2D eigenvalue weighted by Crippen LogP contribution is 2.32. The summed E-state index contributed by atoms with van der Waals surface area (Å²) in [5.74, 6) is 0. The van der Waals surface area contributed by atoms with Crippen molar-refractivity contribution in [3.8, 4) is 0 Å². The van der Waals surface area contributed by atoms with Crippen LogP contribution in [0.4, 0.5) is 0 Å². The first-order chi connectivity index (χ1) is 10.8. The summed E-state index contributed by atoms with van der Waals surface area (Å²) in [6.07, 6.45) is 7.84. The number of aliphatic hydroxyl groups is 1. The lowest BCUT2D eigenvalue weighted by Crippen LogP contribution is -2.42. The van der Waals surface area contributed by atoms with Gasteiger partial charge >= 0.3 is 0 Å². The second-order valence-electron chi connectivity index (χ2n) is 6.22. The maximum Gasteiger partial charge on any atom is 0.0920 e. The SMILES string of the molecule is OC1(c2ccccc2)CCN(CCCCn2cccn2)CC1. The first-order valence-electron chi connectivity index (χ1n) is 8.24. The van der Waals surface area contributed by atoms with Gasteiger partial charge in [0.05, 0.1) is 5.60 Å². The Morgan fingerprint density at radius 1 is 1.00 bits per heavy atom. The van der Waals surface area contributed by atoms with Crippen LogP contribution in [-0.2, 0) is 12.1 Å². The molecule has 4 heteroatoms. The smallest absolute Gasteiger partial charge is 0.0920 e. The molecule has 0 atom stereocenters. The van der Waals surface area contributed by atoms with Crippen LogP contribution >= 0.6 is 0 Å². The van der Waals surface area contributed by atoms with Gasteiger partial charge < -0.3 is 10.0 Å². The predicted molar refractivity (Wildman–Crippen MR) is 87.5 cm³/mol. The van der Waals surface area contributed by atoms with Crippen molar-refractivity contribution in [1.82, 2.24) is 14.7 Å². The lowest BCUT2D eigenvalue weighted by Gasteiger charge is -2.38. The summed E-state index contributed by atoms with van der Waals surface area (Å²) < 4.78 is 1.99. The van der Waals surface area contributed by atoms with Crippen molar-refractivity contribution in [2.24, 2.45) is 0 Å². The number of aryl methyl sites for hydroxylation is 1. The molecule has 1 aromatic heterocycles. The van der Waals surface area contributed by atoms with E-state index < -0.39 is 5.60 Å². The Hall–Kier alpha value is -1.65. The molecule has 0 unspecified atom stereocenters. The summed E-state index contributed by atoms with van der Waals surface area (Å²) in [7, 11) is 0. The number of benzene rings is 1. The van der Waals surface area contributed by atoms with Crippen molar-refractivity contribution in [3.05, 3.63) is 54.4 Å². The topological polar surface area (TPSA) is 41.3 Å². The normalized spacial score (nSPS) is 18.4. The van der Waals surface area contributed by atoms with Gasteiger partial charge in [-0.2, -0.15) is 5.10 Å². The molecule has 0 spiro atoms. The number of likely N-dealkylation sites (tertiary alicyclic amines) is 1. The van der Waals surface area contributed by atoms with Crippen LogP contribution in [-0.4, -0.2) is 39.4 Å². The van der Waals surface area contributed by atoms with Crippen molar-refractivity contribution in [2.45, 2.75) is 37.8 Å². The fraction of sp³-hybridized carbons (Fsp3) is 0.500. The minimum atomic E-state index is -0.632. The van der Waals surface area contributed by atoms with Gasteiger partial charge in [-0.25, -0.2) is 0 Å². The number of piperidine rings is 1. The molecule has 1 fully saturated rings. The van der Waals surface area contributed by atoms with Gasteiger partial charge in [0.15, 0.2) is 0 Å². The zero-order chi connectivity index (χ0) is 15.3. The maximum atomic E-state index is 10.8. The molecule has 4 nitrogen and oxygen atoms in total. The Morgan fingerprint density at radius 3 is 2.41 bits per heavy atom. The van der Waals surface area contributed by atoms with Crippen LogP contribution in [0.15, 0.2) is 48.8 Å². The van der Waals surface area contributed by atoms with Gasteiger partial charge in [0.1, 0.15) is 0 Å². The van der Waals surface area contributed by atoms with Crippen LogP contribution in [0.3, 0.4) is 0 Å². The number of hydrogen-bond donors (Lipinski definition) is 1. The second kappa shape index (κ2) is 7.07. The lowest BCUT2D eigenvalue weighted by molar-refractivity contribution is -0.0261. The minimum Gasteiger partial charge on any atom is -0.385 e. The van der Waals surface area contributed by atoms with Gasteiger partial charge in [0, 0.05) is 32.0 Å². The molecule has 1 saturated heterocycles. The molecule has 3 rings (SSSR count). The molecule has 2 heterocycles. The average Bonchev–Trinajstić information content (AvgIpc) is 3.08. The minimum absolute atomic E-state index is 0.632. The number of aromatic nitrogens is 2. The molecule has 0 aliphatic carbocycles. The van der Waals surface area contributed by atoms with Crippen LogP contribution in [0.5, 0.6) is 0 Å². The lowest BCUT2D eigenvalue weighted by atomic mass is 9.84. The summed E-state index contributed by atoms with van der Waals surface area (Å²) in [5.41, 5.74) is 0.431. The van der Waals surface area contributed by atoms with E-state index in [1.54, 1.807) is 0 Å². The third-order valence-electron chi connectivity index (χ3n) is 4.67. The molecule has 22 heavy (non-hydrogen) atoms. The Labute approximate surface area is 132 Å². The summed E-state index contributed by atoms with van der Waals surface area (Å²) in [4.78, 5) is 2.47. The van der Waals surface area contributed by atoms with Gasteiger partial charge in [-0.1, -0.05) is 30.3 Å². The van der Waals surface area contributed by atoms with Gasteiger partial charge in [0.25, 0.3) is 0 Å². The third-order valence-corrected chi connectivity index (χ3v) is 4.67. The number of hydrogen-bond acceptors (Lipinski definition) is 3. The van der Waals surface area contributed by atoms with E-state index in [0.717, 1.165) is 51.0 Å². The van der Waals surface area contributed by atoms with Crippen LogP contribution in [0.25, 0.3) is 0 Å². The standard InChI is InChI=1S/C18H25N3O/c22-18(17-7-2-1-3-8-17)9-15-20(16-10-18)12-4-5-13-21-14-6-11-19-21/h1-3,6-8,11,14,22H,4-5,9-10,12-13,15-16H2. The number of nitrogens with zero attached hydrogens (tertiary/aromatic N) is 3. The van der Waals surface area contributed by atoms with Gasteiger partial charge in [-0.05, 0) is 43.9 Å². The summed E-state index contributed by atoms with van der Waals surface area (Å²) in [5, 5.41) is 15.0.